The summed E-state index contributed by atoms with van der Waals surface area (Å²) in [5.41, 5.74) is 0.880. The summed E-state index contributed by atoms with van der Waals surface area (Å²) in [6, 6.07) is 6.64. The second kappa shape index (κ2) is 12.2. The van der Waals surface area contributed by atoms with Crippen molar-refractivity contribution >= 4 is 43.1 Å². The maximum Gasteiger partial charge on any atom is 0.417 e. The Balaban J connectivity index is 1.58. The van der Waals surface area contributed by atoms with Crippen molar-refractivity contribution in [3.63, 3.8) is 0 Å². The smallest absolute Gasteiger partial charge is 0.417 e. The van der Waals surface area contributed by atoms with Crippen LogP contribution in [-0.2, 0) is 6.18 Å². The lowest BCUT2D eigenvalue weighted by Gasteiger charge is -2.44. The summed E-state index contributed by atoms with van der Waals surface area (Å²) in [7, 11) is 1.81. The van der Waals surface area contributed by atoms with Crippen LogP contribution in [0.25, 0.3) is 32.1 Å². The van der Waals surface area contributed by atoms with Crippen molar-refractivity contribution in [1.29, 1.82) is 5.26 Å². The topological polar surface area (TPSA) is 112 Å². The van der Waals surface area contributed by atoms with Crippen LogP contribution in [0.5, 0.6) is 6.01 Å². The quantitative estimate of drug-likeness (QED) is 0.207. The molecule has 0 spiro atoms. The van der Waals surface area contributed by atoms with Crippen molar-refractivity contribution in [3.8, 4) is 23.2 Å². The molecular formula is C33H34F6N6O2S. The van der Waals surface area contributed by atoms with E-state index in [0.29, 0.717) is 30.6 Å². The molecule has 8 nitrogen and oxygen atoms in total. The first-order valence-corrected chi connectivity index (χ1v) is 16.2. The van der Waals surface area contributed by atoms with Gasteiger partial charge in [0.2, 0.25) is 6.43 Å². The lowest BCUT2D eigenvalue weighted by atomic mass is 9.73. The average molecular weight is 693 g/mol. The van der Waals surface area contributed by atoms with Gasteiger partial charge < -0.3 is 25.4 Å². The molecule has 3 N–H and O–H groups in total. The van der Waals surface area contributed by atoms with Crippen LogP contribution in [0, 0.1) is 28.5 Å². The molecule has 3 atom stereocenters. The van der Waals surface area contributed by atoms with Crippen LogP contribution in [0.15, 0.2) is 24.3 Å². The Morgan fingerprint density at radius 1 is 1.21 bits per heavy atom. The number of anilines is 2. The van der Waals surface area contributed by atoms with E-state index in [9.17, 15) is 32.3 Å². The fourth-order valence-electron chi connectivity index (χ4n) is 7.20. The Kier molecular flexibility index (Phi) is 8.66. The molecule has 0 amide bonds. The number of nitrogen functional groups attached to an aromatic ring is 1. The van der Waals surface area contributed by atoms with E-state index in [0.717, 1.165) is 17.4 Å². The minimum absolute atomic E-state index is 0.0156. The number of alkyl halides is 5. The fourth-order valence-corrected chi connectivity index (χ4v) is 8.15. The molecule has 2 fully saturated rings. The first-order chi connectivity index (χ1) is 22.5. The summed E-state index contributed by atoms with van der Waals surface area (Å²) in [6.07, 6.45) is -6.54. The zero-order valence-electron chi connectivity index (χ0n) is 26.5. The van der Waals surface area contributed by atoms with Gasteiger partial charge in [-0.05, 0) is 57.5 Å². The molecule has 0 saturated carbocycles. The number of β-amino-alcohol motifs (C(OH)–C–C–N with tert-alkyl or cyclic N) is 1. The number of hydrogen-bond donors (Lipinski definition) is 2. The number of nitriles is 1. The lowest BCUT2D eigenvalue weighted by Crippen LogP contribution is -2.51. The molecule has 2 aromatic heterocycles. The number of hydrogen-bond acceptors (Lipinski definition) is 9. The zero-order valence-corrected chi connectivity index (χ0v) is 27.3. The van der Waals surface area contributed by atoms with Crippen LogP contribution in [0.2, 0.25) is 0 Å². The molecule has 256 valence electrons. The third-order valence-corrected chi connectivity index (χ3v) is 10.5. The third-order valence-electron chi connectivity index (χ3n) is 9.48. The predicted molar refractivity (Wildman–Crippen MR) is 172 cm³/mol. The summed E-state index contributed by atoms with van der Waals surface area (Å²) >= 11 is 0.999. The molecule has 4 heterocycles. The van der Waals surface area contributed by atoms with Gasteiger partial charge in [0.25, 0.3) is 0 Å². The molecule has 0 radical (unpaired) electrons. The lowest BCUT2D eigenvalue weighted by molar-refractivity contribution is -0.137. The summed E-state index contributed by atoms with van der Waals surface area (Å²) in [5, 5.41) is 20.6. The number of aliphatic hydroxyl groups is 1. The molecular weight excluding hydrogens is 658 g/mol. The zero-order chi connectivity index (χ0) is 34.8. The van der Waals surface area contributed by atoms with Crippen LogP contribution in [0.3, 0.4) is 0 Å². The molecule has 6 rings (SSSR count). The Morgan fingerprint density at radius 3 is 2.62 bits per heavy atom. The van der Waals surface area contributed by atoms with Crippen LogP contribution in [0.1, 0.15) is 44.2 Å². The second-order valence-electron chi connectivity index (χ2n) is 13.4. The Hall–Kier alpha value is -3.87. The van der Waals surface area contributed by atoms with Crippen molar-refractivity contribution in [2.75, 3.05) is 50.5 Å². The summed E-state index contributed by atoms with van der Waals surface area (Å²) in [5.74, 6) is -2.42. The number of fused-ring (bicyclic) bond motifs is 2. The number of benzene rings is 2. The number of nitrogens with two attached hydrogens (primary N) is 1. The van der Waals surface area contributed by atoms with E-state index in [1.807, 2.05) is 11.0 Å². The first-order valence-electron chi connectivity index (χ1n) is 15.4. The van der Waals surface area contributed by atoms with Gasteiger partial charge in [0.05, 0.1) is 23.3 Å². The number of aromatic nitrogens is 2. The number of thiophene rings is 1. The number of rotatable bonds is 6. The van der Waals surface area contributed by atoms with Gasteiger partial charge in [-0.3, -0.25) is 0 Å². The molecule has 2 aromatic carbocycles. The molecule has 48 heavy (non-hydrogen) atoms. The van der Waals surface area contributed by atoms with E-state index >= 15 is 4.39 Å². The van der Waals surface area contributed by atoms with Gasteiger partial charge >= 0.3 is 12.2 Å². The molecule has 0 aliphatic carbocycles. The van der Waals surface area contributed by atoms with Crippen molar-refractivity contribution < 1.29 is 36.2 Å². The van der Waals surface area contributed by atoms with Gasteiger partial charge in [0, 0.05) is 52.0 Å². The SMILES string of the molecule is CN1CC[C@H](C(F)F)[C@](C)(COc2nc(N3CCC[C@@](C)(O)C3)c3cc(C(F)(F)F)c(-c4cccc5sc(N)c(C#N)c45)c(F)c3n2)C1. The van der Waals surface area contributed by atoms with E-state index in [1.54, 1.807) is 31.9 Å². The minimum atomic E-state index is -5.05. The van der Waals surface area contributed by atoms with E-state index in [2.05, 4.69) is 9.97 Å². The standard InChI is InChI=1S/C33H34F6N6O2S/c1-31(14-44(3)11-8-20(31)27(35)36)16-47-30-42-26-18(29(43-30)45-10-5-9-32(2,46)15-45)12-21(33(37,38)39)24(25(26)34)17-6-4-7-22-23(17)19(13-40)28(41)48-22/h4,6-7,12,20,27,46H,5,8-11,14-16,41H2,1-3H3/t20-,31+,32-/m1/s1. The van der Waals surface area contributed by atoms with E-state index < -0.39 is 58.0 Å². The van der Waals surface area contributed by atoms with Crippen molar-refractivity contribution in [2.45, 2.75) is 51.3 Å². The van der Waals surface area contributed by atoms with E-state index in [4.69, 9.17) is 10.5 Å². The third kappa shape index (κ3) is 6.10. The Labute approximate surface area is 276 Å². The van der Waals surface area contributed by atoms with Gasteiger partial charge in [-0.2, -0.15) is 28.4 Å². The van der Waals surface area contributed by atoms with E-state index in [1.165, 1.54) is 12.1 Å². The highest BCUT2D eigenvalue weighted by Gasteiger charge is 2.45. The van der Waals surface area contributed by atoms with Crippen LogP contribution in [-0.4, -0.2) is 71.8 Å². The highest BCUT2D eigenvalue weighted by Crippen LogP contribution is 2.48. The normalized spacial score (nSPS) is 24.0. The Bertz CT molecular complexity index is 1930. The summed E-state index contributed by atoms with van der Waals surface area (Å²) in [4.78, 5) is 12.2. The summed E-state index contributed by atoms with van der Waals surface area (Å²) in [6.45, 7) is 4.02. The molecule has 0 bridgehead atoms. The highest BCUT2D eigenvalue weighted by atomic mass is 32.1. The van der Waals surface area contributed by atoms with Gasteiger partial charge in [0.15, 0.2) is 5.82 Å². The summed E-state index contributed by atoms with van der Waals surface area (Å²) < 4.78 is 96.1. The van der Waals surface area contributed by atoms with Gasteiger partial charge in [-0.15, -0.1) is 11.3 Å². The van der Waals surface area contributed by atoms with Crippen molar-refractivity contribution in [2.24, 2.45) is 11.3 Å². The average Bonchev–Trinajstić information content (AvgIpc) is 3.33. The number of likely N-dealkylation sites (tertiary alicyclic amines) is 1. The monoisotopic (exact) mass is 692 g/mol. The fraction of sp³-hybridized carbons (Fsp3) is 0.485. The minimum Gasteiger partial charge on any atom is -0.463 e. The maximum atomic E-state index is 17.0. The van der Waals surface area contributed by atoms with Crippen LogP contribution >= 0.6 is 11.3 Å². The van der Waals surface area contributed by atoms with Crippen LogP contribution in [0.4, 0.5) is 37.2 Å². The second-order valence-corrected chi connectivity index (χ2v) is 14.5. The largest absolute Gasteiger partial charge is 0.463 e. The highest BCUT2D eigenvalue weighted by molar-refractivity contribution is 7.23. The first kappa shape index (κ1) is 34.0. The molecule has 4 aromatic rings. The number of ether oxygens (including phenoxy) is 1. The van der Waals surface area contributed by atoms with Crippen molar-refractivity contribution in [1.82, 2.24) is 14.9 Å². The van der Waals surface area contributed by atoms with Gasteiger partial charge in [-0.1, -0.05) is 19.1 Å². The Morgan fingerprint density at radius 2 is 1.96 bits per heavy atom. The number of nitrogens with zero attached hydrogens (tertiary/aromatic N) is 5. The molecule has 2 saturated heterocycles. The molecule has 0 unspecified atom stereocenters. The molecule has 2 aliphatic heterocycles. The van der Waals surface area contributed by atoms with Gasteiger partial charge in [0.1, 0.15) is 22.4 Å². The maximum absolute atomic E-state index is 17.0. The van der Waals surface area contributed by atoms with E-state index in [-0.39, 0.29) is 58.8 Å². The predicted octanol–water partition coefficient (Wildman–Crippen LogP) is 7.08. The molecule has 15 heteroatoms. The van der Waals surface area contributed by atoms with Crippen LogP contribution < -0.4 is 15.4 Å². The van der Waals surface area contributed by atoms with Gasteiger partial charge in [-0.25, -0.2) is 13.2 Å². The number of halogens is 6. The molecule has 2 aliphatic rings. The number of piperidine rings is 2. The van der Waals surface area contributed by atoms with Crippen molar-refractivity contribution in [3.05, 3.63) is 41.2 Å².